The Morgan fingerprint density at radius 3 is 2.53 bits per heavy atom. The molecule has 1 N–H and O–H groups in total. The molecule has 0 heterocycles. The van der Waals surface area contributed by atoms with Gasteiger partial charge in [-0.15, -0.1) is 11.8 Å². The summed E-state index contributed by atoms with van der Waals surface area (Å²) in [6.45, 7) is 3.02. The van der Waals surface area contributed by atoms with Gasteiger partial charge >= 0.3 is 0 Å². The van der Waals surface area contributed by atoms with Crippen molar-refractivity contribution < 1.29 is 4.21 Å². The van der Waals surface area contributed by atoms with E-state index in [2.05, 4.69) is 42.8 Å². The average Bonchev–Trinajstić information content (AvgIpc) is 2.34. The van der Waals surface area contributed by atoms with Crippen LogP contribution in [0, 0.1) is 0 Å². The highest BCUT2D eigenvalue weighted by Crippen LogP contribution is 2.14. The fourth-order valence-corrected chi connectivity index (χ4v) is 2.57. The first-order valence-corrected chi connectivity index (χ1v) is 8.73. The summed E-state index contributed by atoms with van der Waals surface area (Å²) >= 11 is 1.76. The van der Waals surface area contributed by atoms with Gasteiger partial charge in [-0.05, 0) is 37.3 Å². The zero-order valence-electron chi connectivity index (χ0n) is 10.7. The Hall–Kier alpha value is -0.320. The third-order valence-corrected chi connectivity index (χ3v) is 4.21. The zero-order valence-corrected chi connectivity index (χ0v) is 12.4. The van der Waals surface area contributed by atoms with Crippen molar-refractivity contribution in [1.29, 1.82) is 0 Å². The summed E-state index contributed by atoms with van der Waals surface area (Å²) in [7, 11) is -0.681. The summed E-state index contributed by atoms with van der Waals surface area (Å²) in [5, 5.41) is 3.45. The van der Waals surface area contributed by atoms with Crippen LogP contribution in [0.1, 0.15) is 18.9 Å². The van der Waals surface area contributed by atoms with Crippen LogP contribution in [-0.2, 0) is 17.3 Å². The van der Waals surface area contributed by atoms with Crippen LogP contribution in [0.5, 0.6) is 0 Å². The van der Waals surface area contributed by atoms with E-state index in [0.29, 0.717) is 6.04 Å². The molecule has 0 saturated heterocycles. The molecule has 0 bridgehead atoms. The lowest BCUT2D eigenvalue weighted by molar-refractivity contribution is 0.535. The van der Waals surface area contributed by atoms with Crippen LogP contribution in [0.15, 0.2) is 29.2 Å². The third kappa shape index (κ3) is 6.24. The van der Waals surface area contributed by atoms with Gasteiger partial charge in [-0.25, -0.2) is 0 Å². The smallest absolute Gasteiger partial charge is 0.0246 e. The molecule has 1 rings (SSSR count). The molecule has 0 aliphatic carbocycles. The summed E-state index contributed by atoms with van der Waals surface area (Å²) in [6.07, 6.45) is 4.81. The van der Waals surface area contributed by atoms with E-state index in [1.54, 1.807) is 18.0 Å². The first-order chi connectivity index (χ1) is 8.11. The predicted molar refractivity (Wildman–Crippen MR) is 78.1 cm³/mol. The Labute approximate surface area is 111 Å². The molecule has 2 unspecified atom stereocenters. The Kier molecular flexibility index (Phi) is 6.85. The Balaban J connectivity index is 2.31. The summed E-state index contributed by atoms with van der Waals surface area (Å²) in [6, 6.07) is 9.02. The van der Waals surface area contributed by atoms with Crippen molar-refractivity contribution in [2.75, 3.05) is 18.3 Å². The van der Waals surface area contributed by atoms with Gasteiger partial charge < -0.3 is 5.32 Å². The van der Waals surface area contributed by atoms with E-state index in [1.807, 2.05) is 0 Å². The zero-order chi connectivity index (χ0) is 12.7. The lowest BCUT2D eigenvalue weighted by atomic mass is 10.2. The number of benzene rings is 1. The van der Waals surface area contributed by atoms with Crippen molar-refractivity contribution in [3.63, 3.8) is 0 Å². The van der Waals surface area contributed by atoms with E-state index >= 15 is 0 Å². The van der Waals surface area contributed by atoms with Gasteiger partial charge in [0.1, 0.15) is 0 Å². The molecule has 1 aromatic rings. The van der Waals surface area contributed by atoms with E-state index < -0.39 is 10.8 Å². The SMILES string of the molecule is CSc1ccc(CNC(C)CCS(C)=O)cc1. The van der Waals surface area contributed by atoms with Gasteiger partial charge in [0.25, 0.3) is 0 Å². The fourth-order valence-electron chi connectivity index (χ4n) is 1.48. The summed E-state index contributed by atoms with van der Waals surface area (Å²) in [5.41, 5.74) is 1.30. The maximum Gasteiger partial charge on any atom is 0.0246 e. The van der Waals surface area contributed by atoms with Gasteiger partial charge in [0.2, 0.25) is 0 Å². The van der Waals surface area contributed by atoms with Crippen molar-refractivity contribution in [2.45, 2.75) is 30.8 Å². The predicted octanol–water partition coefficient (Wildman–Crippen LogP) is 2.66. The number of rotatable bonds is 7. The molecule has 0 amide bonds. The second kappa shape index (κ2) is 7.90. The second-order valence-electron chi connectivity index (χ2n) is 4.20. The molecule has 0 aromatic heterocycles. The number of hydrogen-bond donors (Lipinski definition) is 1. The number of nitrogens with one attached hydrogen (secondary N) is 1. The minimum atomic E-state index is -0.681. The molecule has 0 fully saturated rings. The van der Waals surface area contributed by atoms with Gasteiger partial charge in [0.15, 0.2) is 0 Å². The van der Waals surface area contributed by atoms with Crippen molar-refractivity contribution in [2.24, 2.45) is 0 Å². The Morgan fingerprint density at radius 1 is 1.35 bits per heavy atom. The number of hydrogen-bond acceptors (Lipinski definition) is 3. The fraction of sp³-hybridized carbons (Fsp3) is 0.538. The molecule has 2 atom stereocenters. The van der Waals surface area contributed by atoms with Crippen molar-refractivity contribution in [1.82, 2.24) is 5.32 Å². The summed E-state index contributed by atoms with van der Waals surface area (Å²) < 4.78 is 11.0. The second-order valence-corrected chi connectivity index (χ2v) is 6.63. The molecule has 4 heteroatoms. The Morgan fingerprint density at radius 2 is 2.00 bits per heavy atom. The van der Waals surface area contributed by atoms with Gasteiger partial charge in [-0.1, -0.05) is 12.1 Å². The maximum absolute atomic E-state index is 11.0. The molecule has 0 aliphatic rings. The van der Waals surface area contributed by atoms with E-state index in [4.69, 9.17) is 0 Å². The molecule has 0 aliphatic heterocycles. The summed E-state index contributed by atoms with van der Waals surface area (Å²) in [4.78, 5) is 1.29. The topological polar surface area (TPSA) is 29.1 Å². The molecular weight excluding hydrogens is 250 g/mol. The van der Waals surface area contributed by atoms with Crippen molar-refractivity contribution in [3.8, 4) is 0 Å². The van der Waals surface area contributed by atoms with E-state index in [0.717, 1.165) is 18.7 Å². The first-order valence-electron chi connectivity index (χ1n) is 5.78. The molecule has 2 nitrogen and oxygen atoms in total. The maximum atomic E-state index is 11.0. The highest BCUT2D eigenvalue weighted by atomic mass is 32.2. The molecule has 0 radical (unpaired) electrons. The minimum Gasteiger partial charge on any atom is -0.310 e. The molecule has 17 heavy (non-hydrogen) atoms. The van der Waals surface area contributed by atoms with Crippen LogP contribution in [0.3, 0.4) is 0 Å². The Bertz CT molecular complexity index is 351. The average molecular weight is 271 g/mol. The third-order valence-electron chi connectivity index (χ3n) is 2.65. The van der Waals surface area contributed by atoms with E-state index in [9.17, 15) is 4.21 Å². The van der Waals surface area contributed by atoms with Crippen LogP contribution in [0.2, 0.25) is 0 Å². The van der Waals surface area contributed by atoms with Crippen LogP contribution >= 0.6 is 11.8 Å². The van der Waals surface area contributed by atoms with Gasteiger partial charge in [-0.2, -0.15) is 0 Å². The standard InChI is InChI=1S/C13H21NOS2/c1-11(8-9-17(3)15)14-10-12-4-6-13(16-2)7-5-12/h4-7,11,14H,8-10H2,1-3H3. The van der Waals surface area contributed by atoms with Crippen LogP contribution in [-0.4, -0.2) is 28.5 Å². The monoisotopic (exact) mass is 271 g/mol. The van der Waals surface area contributed by atoms with Crippen LogP contribution in [0.4, 0.5) is 0 Å². The lowest BCUT2D eigenvalue weighted by Gasteiger charge is -2.13. The van der Waals surface area contributed by atoms with E-state index in [-0.39, 0.29) is 0 Å². The lowest BCUT2D eigenvalue weighted by Crippen LogP contribution is -2.26. The van der Waals surface area contributed by atoms with Crippen LogP contribution in [0.25, 0.3) is 0 Å². The summed E-state index contributed by atoms with van der Waals surface area (Å²) in [5.74, 6) is 0.777. The van der Waals surface area contributed by atoms with Gasteiger partial charge in [-0.3, -0.25) is 4.21 Å². The van der Waals surface area contributed by atoms with Crippen LogP contribution < -0.4 is 5.32 Å². The van der Waals surface area contributed by atoms with Gasteiger partial charge in [0, 0.05) is 40.3 Å². The van der Waals surface area contributed by atoms with E-state index in [1.165, 1.54) is 10.5 Å². The first kappa shape index (κ1) is 14.7. The van der Waals surface area contributed by atoms with Gasteiger partial charge in [0.05, 0.1) is 0 Å². The largest absolute Gasteiger partial charge is 0.310 e. The highest BCUT2D eigenvalue weighted by Gasteiger charge is 2.02. The molecule has 0 saturated carbocycles. The highest BCUT2D eigenvalue weighted by molar-refractivity contribution is 7.98. The molecule has 96 valence electrons. The molecular formula is C13H21NOS2. The number of thioether (sulfide) groups is 1. The quantitative estimate of drug-likeness (QED) is 0.773. The van der Waals surface area contributed by atoms with Crippen molar-refractivity contribution in [3.05, 3.63) is 29.8 Å². The van der Waals surface area contributed by atoms with Crippen molar-refractivity contribution >= 4 is 22.6 Å². The molecule has 0 spiro atoms. The normalized spacial score (nSPS) is 14.5. The molecule has 1 aromatic carbocycles. The minimum absolute atomic E-state index is 0.416.